The molecule has 1 aliphatic heterocycles. The van der Waals surface area contributed by atoms with E-state index in [0.29, 0.717) is 0 Å². The summed E-state index contributed by atoms with van der Waals surface area (Å²) in [4.78, 5) is 18.1. The van der Waals surface area contributed by atoms with Crippen LogP contribution in [0.25, 0.3) is 0 Å². The Hall–Kier alpha value is -1.07. The first kappa shape index (κ1) is 13.4. The highest BCUT2D eigenvalue weighted by Crippen LogP contribution is 2.19. The van der Waals surface area contributed by atoms with Crippen LogP contribution >= 0.6 is 11.8 Å². The molecule has 1 aromatic rings. The first-order chi connectivity index (χ1) is 8.75. The Bertz CT molecular complexity index is 406. The molecule has 0 saturated carbocycles. The van der Waals surface area contributed by atoms with Crippen molar-refractivity contribution in [2.75, 3.05) is 25.4 Å². The molecule has 0 bridgehead atoms. The zero-order valence-electron chi connectivity index (χ0n) is 10.3. The fourth-order valence-electron chi connectivity index (χ4n) is 2.10. The van der Waals surface area contributed by atoms with Gasteiger partial charge in [-0.15, -0.1) is 11.8 Å². The molecule has 0 atom stereocenters. The topological polar surface area (TPSA) is 53.4 Å². The van der Waals surface area contributed by atoms with Crippen molar-refractivity contribution in [3.8, 4) is 0 Å². The van der Waals surface area contributed by atoms with Gasteiger partial charge in [0.2, 0.25) is 0 Å². The number of hydrogen-bond donors (Lipinski definition) is 1. The molecule has 1 aromatic heterocycles. The summed E-state index contributed by atoms with van der Waals surface area (Å²) < 4.78 is 0. The third kappa shape index (κ3) is 3.99. The number of pyridine rings is 1. The molecular formula is C13H18N2O2S. The fraction of sp³-hybridized carbons (Fsp3) is 0.538. The maximum Gasteiger partial charge on any atom is 0.354 e. The Morgan fingerprint density at radius 1 is 1.44 bits per heavy atom. The second kappa shape index (κ2) is 6.75. The Morgan fingerprint density at radius 3 is 2.94 bits per heavy atom. The number of carboxylic acid groups (broad SMARTS) is 1. The molecule has 2 rings (SSSR count). The van der Waals surface area contributed by atoms with E-state index in [2.05, 4.69) is 9.88 Å². The summed E-state index contributed by atoms with van der Waals surface area (Å²) in [6, 6.07) is 3.51. The number of hydrogen-bond acceptors (Lipinski definition) is 4. The maximum absolute atomic E-state index is 10.8. The van der Waals surface area contributed by atoms with Gasteiger partial charge in [-0.2, -0.15) is 0 Å². The summed E-state index contributed by atoms with van der Waals surface area (Å²) in [6.07, 6.45) is 5.38. The third-order valence-corrected chi connectivity index (χ3v) is 4.12. The minimum absolute atomic E-state index is 0.125. The van der Waals surface area contributed by atoms with Crippen LogP contribution in [-0.2, 0) is 0 Å². The average molecular weight is 266 g/mol. The molecule has 4 nitrogen and oxygen atoms in total. The molecule has 0 unspecified atom stereocenters. The molecule has 0 aliphatic carbocycles. The summed E-state index contributed by atoms with van der Waals surface area (Å²) in [7, 11) is 0. The molecule has 98 valence electrons. The number of likely N-dealkylation sites (tertiary alicyclic amines) is 1. The highest BCUT2D eigenvalue weighted by molar-refractivity contribution is 7.99. The fourth-order valence-corrected chi connectivity index (χ4v) is 2.96. The van der Waals surface area contributed by atoms with Crippen molar-refractivity contribution in [1.82, 2.24) is 9.88 Å². The molecule has 18 heavy (non-hydrogen) atoms. The molecule has 0 amide bonds. The Morgan fingerprint density at radius 2 is 2.22 bits per heavy atom. The lowest BCUT2D eigenvalue weighted by Gasteiger charge is -2.13. The number of carboxylic acids is 1. The number of aromatic nitrogens is 1. The van der Waals surface area contributed by atoms with E-state index in [9.17, 15) is 4.79 Å². The van der Waals surface area contributed by atoms with Crippen LogP contribution in [0.15, 0.2) is 23.2 Å². The lowest BCUT2D eigenvalue weighted by atomic mass is 10.3. The van der Waals surface area contributed by atoms with Gasteiger partial charge >= 0.3 is 5.97 Å². The van der Waals surface area contributed by atoms with Gasteiger partial charge in [0, 0.05) is 11.1 Å². The maximum atomic E-state index is 10.8. The molecule has 1 aliphatic rings. The smallest absolute Gasteiger partial charge is 0.354 e. The lowest BCUT2D eigenvalue weighted by molar-refractivity contribution is 0.0690. The highest BCUT2D eigenvalue weighted by Gasteiger charge is 2.10. The molecule has 0 radical (unpaired) electrons. The van der Waals surface area contributed by atoms with Gasteiger partial charge in [0.25, 0.3) is 0 Å². The van der Waals surface area contributed by atoms with Crippen molar-refractivity contribution in [3.63, 3.8) is 0 Å². The number of nitrogens with zero attached hydrogens (tertiary/aromatic N) is 2. The van der Waals surface area contributed by atoms with Crippen molar-refractivity contribution in [3.05, 3.63) is 24.0 Å². The van der Waals surface area contributed by atoms with Gasteiger partial charge in [0.15, 0.2) is 0 Å². The van der Waals surface area contributed by atoms with Crippen LogP contribution in [0.5, 0.6) is 0 Å². The normalized spacial score (nSPS) is 16.0. The lowest BCUT2D eigenvalue weighted by Crippen LogP contribution is -2.20. The summed E-state index contributed by atoms with van der Waals surface area (Å²) in [5, 5.41) is 8.85. The minimum atomic E-state index is -0.963. The second-order valence-electron chi connectivity index (χ2n) is 4.43. The summed E-state index contributed by atoms with van der Waals surface area (Å²) in [5.41, 5.74) is 0.125. The monoisotopic (exact) mass is 266 g/mol. The molecule has 1 saturated heterocycles. The van der Waals surface area contributed by atoms with Gasteiger partial charge in [0.05, 0.1) is 0 Å². The average Bonchev–Trinajstić information content (AvgIpc) is 2.88. The van der Waals surface area contributed by atoms with Crippen molar-refractivity contribution < 1.29 is 9.90 Å². The van der Waals surface area contributed by atoms with Crippen LogP contribution in [0.1, 0.15) is 29.8 Å². The van der Waals surface area contributed by atoms with Crippen molar-refractivity contribution in [2.24, 2.45) is 0 Å². The zero-order valence-corrected chi connectivity index (χ0v) is 11.2. The summed E-state index contributed by atoms with van der Waals surface area (Å²) >= 11 is 1.71. The largest absolute Gasteiger partial charge is 0.477 e. The zero-order chi connectivity index (χ0) is 12.8. The van der Waals surface area contributed by atoms with Gasteiger partial charge in [-0.1, -0.05) is 0 Å². The first-order valence-electron chi connectivity index (χ1n) is 6.30. The highest BCUT2D eigenvalue weighted by atomic mass is 32.2. The van der Waals surface area contributed by atoms with Crippen LogP contribution in [0.4, 0.5) is 0 Å². The Labute approximate surface area is 111 Å². The van der Waals surface area contributed by atoms with Gasteiger partial charge in [0.1, 0.15) is 5.69 Å². The molecule has 2 heterocycles. The van der Waals surface area contributed by atoms with Crippen molar-refractivity contribution >= 4 is 17.7 Å². The van der Waals surface area contributed by atoms with E-state index in [-0.39, 0.29) is 5.69 Å². The van der Waals surface area contributed by atoms with E-state index < -0.39 is 5.97 Å². The quantitative estimate of drug-likeness (QED) is 0.633. The van der Waals surface area contributed by atoms with E-state index >= 15 is 0 Å². The van der Waals surface area contributed by atoms with E-state index in [0.717, 1.165) is 23.6 Å². The summed E-state index contributed by atoms with van der Waals surface area (Å²) in [6.45, 7) is 3.63. The SMILES string of the molecule is O=C(O)c1cc(SCCCN2CCCC2)ccn1. The van der Waals surface area contributed by atoms with Crippen LogP contribution in [0.2, 0.25) is 0 Å². The van der Waals surface area contributed by atoms with E-state index in [1.807, 2.05) is 6.07 Å². The van der Waals surface area contributed by atoms with Gasteiger partial charge in [-0.05, 0) is 56.8 Å². The standard InChI is InChI=1S/C13H18N2O2S/c16-13(17)12-10-11(4-5-14-12)18-9-3-8-15-6-1-2-7-15/h4-5,10H,1-3,6-9H2,(H,16,17). The number of aromatic carboxylic acids is 1. The molecule has 5 heteroatoms. The van der Waals surface area contributed by atoms with Crippen molar-refractivity contribution in [1.29, 1.82) is 0 Å². The molecule has 1 fully saturated rings. The van der Waals surface area contributed by atoms with E-state index in [1.54, 1.807) is 24.0 Å². The van der Waals surface area contributed by atoms with Crippen LogP contribution in [-0.4, -0.2) is 46.3 Å². The Balaban J connectivity index is 1.72. The van der Waals surface area contributed by atoms with Gasteiger partial charge < -0.3 is 10.0 Å². The molecule has 0 spiro atoms. The van der Waals surface area contributed by atoms with Crippen LogP contribution in [0, 0.1) is 0 Å². The predicted molar refractivity (Wildman–Crippen MR) is 72.2 cm³/mol. The summed E-state index contributed by atoms with van der Waals surface area (Å²) in [5.74, 6) is 0.0639. The number of thioether (sulfide) groups is 1. The predicted octanol–water partition coefficient (Wildman–Crippen LogP) is 2.36. The van der Waals surface area contributed by atoms with E-state index in [1.165, 1.54) is 25.9 Å². The number of carbonyl (C=O) groups is 1. The second-order valence-corrected chi connectivity index (χ2v) is 5.60. The van der Waals surface area contributed by atoms with Gasteiger partial charge in [-0.3, -0.25) is 0 Å². The minimum Gasteiger partial charge on any atom is -0.477 e. The van der Waals surface area contributed by atoms with Gasteiger partial charge in [-0.25, -0.2) is 9.78 Å². The van der Waals surface area contributed by atoms with Crippen LogP contribution in [0.3, 0.4) is 0 Å². The van der Waals surface area contributed by atoms with E-state index in [4.69, 9.17) is 5.11 Å². The molecular weight excluding hydrogens is 248 g/mol. The number of rotatable bonds is 6. The third-order valence-electron chi connectivity index (χ3n) is 3.04. The van der Waals surface area contributed by atoms with Crippen molar-refractivity contribution in [2.45, 2.75) is 24.2 Å². The molecule has 1 N–H and O–H groups in total. The Kier molecular flexibility index (Phi) is 5.01. The first-order valence-corrected chi connectivity index (χ1v) is 7.29. The molecule has 0 aromatic carbocycles. The van der Waals surface area contributed by atoms with Crippen LogP contribution < -0.4 is 0 Å².